The molecule has 0 atom stereocenters. The van der Waals surface area contributed by atoms with Gasteiger partial charge in [-0.05, 0) is 0 Å². The monoisotopic (exact) mass is 393 g/mol. The minimum absolute atomic E-state index is 0. The first-order chi connectivity index (χ1) is 5.71. The molecule has 17 heteroatoms. The van der Waals surface area contributed by atoms with E-state index in [1.54, 1.807) is 0 Å². The average Bonchev–Trinajstić information content (AvgIpc) is 1.42. The topological polar surface area (TPSA) is 314 Å². The molecule has 14 nitrogen and oxygen atoms in total. The van der Waals surface area contributed by atoms with Crippen LogP contribution in [0.25, 0.3) is 0 Å². The molecule has 0 aromatic carbocycles. The van der Waals surface area contributed by atoms with Crippen LogP contribution in [0.15, 0.2) is 0 Å². The van der Waals surface area contributed by atoms with Crippen LogP contribution in [0.4, 0.5) is 0 Å². The molecule has 112 valence electrons. The fraction of sp³-hybridized carbons (Fsp3) is 0. The average molecular weight is 391 g/mol. The van der Waals surface area contributed by atoms with Gasteiger partial charge in [-0.15, -0.1) is 0 Å². The summed E-state index contributed by atoms with van der Waals surface area (Å²) in [5, 5.41) is 0. The van der Waals surface area contributed by atoms with E-state index in [1.807, 2.05) is 0 Å². The fourth-order valence-corrected chi connectivity index (χ4v) is 2.11. The quantitative estimate of drug-likeness (QED) is 0.147. The van der Waals surface area contributed by atoms with Crippen LogP contribution in [0.1, 0.15) is 0 Å². The van der Waals surface area contributed by atoms with Gasteiger partial charge in [-0.25, -0.2) is 0 Å². The van der Waals surface area contributed by atoms with Crippen LogP contribution in [0, 0.1) is 0 Å². The number of phosphoric acid groups is 1. The predicted octanol–water partition coefficient (Wildman–Crippen LogP) is -2.08. The van der Waals surface area contributed by atoms with E-state index in [4.69, 9.17) is 27.3 Å². The zero-order valence-electron chi connectivity index (χ0n) is 8.83. The van der Waals surface area contributed by atoms with Crippen LogP contribution < -0.4 is 22.2 Å². The van der Waals surface area contributed by atoms with E-state index in [-0.39, 0.29) is 18.5 Å². The second kappa shape index (κ2) is 10.1. The van der Waals surface area contributed by atoms with Crippen molar-refractivity contribution in [3.05, 3.63) is 0 Å². The van der Waals surface area contributed by atoms with Crippen molar-refractivity contribution in [1.29, 1.82) is 0 Å². The van der Waals surface area contributed by atoms with Crippen molar-refractivity contribution in [2.24, 2.45) is 0 Å². The fourth-order valence-electron chi connectivity index (χ4n) is 0.119. The Balaban J connectivity index is -0.0000000533. The van der Waals surface area contributed by atoms with E-state index in [2.05, 4.69) is 3.18 Å². The van der Waals surface area contributed by atoms with Crippen molar-refractivity contribution < 1.29 is 62.4 Å². The SMILES string of the molecule is O=P(O)(O)[O][Mo](=[O])(=[O])[O-].O=S(=O)([O-])[O-].[NH4+].[NH4+].[NH4+]. The summed E-state index contributed by atoms with van der Waals surface area (Å²) in [6.07, 6.45) is 0. The van der Waals surface area contributed by atoms with Gasteiger partial charge in [-0.3, -0.25) is 8.42 Å². The number of quaternary nitrogens is 3. The molecule has 0 saturated carbocycles. The second-order valence-electron chi connectivity index (χ2n) is 1.38. The Morgan fingerprint density at radius 1 is 1.06 bits per heavy atom. The molecule has 0 aliphatic rings. The Hall–Kier alpha value is 0.108. The van der Waals surface area contributed by atoms with Gasteiger partial charge in [-0.2, -0.15) is 0 Å². The third kappa shape index (κ3) is 85.9. The Morgan fingerprint density at radius 3 is 1.24 bits per heavy atom. The van der Waals surface area contributed by atoms with Crippen molar-refractivity contribution in [3.8, 4) is 0 Å². The molecule has 0 saturated heterocycles. The van der Waals surface area contributed by atoms with Gasteiger partial charge >= 0.3 is 52.7 Å². The maximum atomic E-state index is 9.57. The summed E-state index contributed by atoms with van der Waals surface area (Å²) < 4.78 is 74.9. The molecule has 17 heavy (non-hydrogen) atoms. The maximum absolute atomic E-state index is 9.57. The van der Waals surface area contributed by atoms with Gasteiger partial charge in [0.15, 0.2) is 0 Å². The van der Waals surface area contributed by atoms with E-state index in [9.17, 15) is 15.1 Å². The molecule has 0 unspecified atom stereocenters. The molecule has 0 fully saturated rings. The summed E-state index contributed by atoms with van der Waals surface area (Å²) in [4.78, 5) is 15.4. The molecule has 0 aliphatic carbocycles. The number of hydrogen-bond acceptors (Lipinski definition) is 9. The first-order valence-corrected chi connectivity index (χ1v) is 8.24. The zero-order valence-corrected chi connectivity index (χ0v) is 12.6. The molecular weight excluding hydrogens is 377 g/mol. The normalized spacial score (nSPS) is 10.6. The van der Waals surface area contributed by atoms with Gasteiger partial charge in [0.1, 0.15) is 0 Å². The first kappa shape index (κ1) is 30.3. The maximum Gasteiger partial charge on any atom is 0.0311 e. The summed E-state index contributed by atoms with van der Waals surface area (Å²) in [5.41, 5.74) is 0. The van der Waals surface area contributed by atoms with Gasteiger partial charge in [0.2, 0.25) is 0 Å². The zero-order chi connectivity index (χ0) is 12.2. The van der Waals surface area contributed by atoms with E-state index in [1.165, 1.54) is 0 Å². The molecule has 0 radical (unpaired) electrons. The van der Waals surface area contributed by atoms with Crippen LogP contribution in [0.2, 0.25) is 0 Å². The summed E-state index contributed by atoms with van der Waals surface area (Å²) in [6, 6.07) is 0. The van der Waals surface area contributed by atoms with Gasteiger partial charge in [0.05, 0.1) is 0 Å². The minimum Gasteiger partial charge on any atom is -0.759 e. The third-order valence-electron chi connectivity index (χ3n) is 0.188. The first-order valence-electron chi connectivity index (χ1n) is 2.10. The van der Waals surface area contributed by atoms with E-state index in [0.29, 0.717) is 0 Å². The Bertz CT molecular complexity index is 394. The van der Waals surface area contributed by atoms with E-state index < -0.39 is 35.0 Å². The molecule has 14 N–H and O–H groups in total. The molecule has 0 spiro atoms. The van der Waals surface area contributed by atoms with Crippen molar-refractivity contribution in [2.75, 3.05) is 0 Å². The van der Waals surface area contributed by atoms with Gasteiger partial charge in [0.25, 0.3) is 0 Å². The molecular formula is H14MoN3O11PS. The number of hydrogen-bond donors (Lipinski definition) is 5. The molecule has 0 aromatic heterocycles. The standard InChI is InChI=1S/Mo.3H3N.H3O4P.H2O4S.3O/c;;;;2*1-5(2,3)4;;;/h;3*1H3;(H3,1,2,3,4);(H2,1,2,3,4);;;/q+1;;;;;;;;-1. The molecule has 0 heterocycles. The van der Waals surface area contributed by atoms with Crippen LogP contribution in [-0.4, -0.2) is 27.3 Å². The van der Waals surface area contributed by atoms with Gasteiger partial charge < -0.3 is 27.6 Å². The van der Waals surface area contributed by atoms with Crippen molar-refractivity contribution in [3.63, 3.8) is 0 Å². The summed E-state index contributed by atoms with van der Waals surface area (Å²) in [7, 11) is -10.3. The van der Waals surface area contributed by atoms with Crippen LogP contribution >= 0.6 is 7.82 Å². The van der Waals surface area contributed by atoms with Crippen LogP contribution in [-0.2, 0) is 41.7 Å². The minimum atomic E-state index is -6.28. The van der Waals surface area contributed by atoms with Crippen LogP contribution in [0.3, 0.4) is 0 Å². The molecule has 0 aromatic rings. The van der Waals surface area contributed by atoms with Crippen molar-refractivity contribution >= 4 is 18.2 Å². The van der Waals surface area contributed by atoms with Gasteiger partial charge in [0, 0.05) is 10.4 Å². The summed E-state index contributed by atoms with van der Waals surface area (Å²) in [5.74, 6) is 0. The third-order valence-corrected chi connectivity index (χ3v) is 3.34. The Labute approximate surface area is 99.3 Å². The summed E-state index contributed by atoms with van der Waals surface area (Å²) >= 11 is -6.28. The van der Waals surface area contributed by atoms with Crippen LogP contribution in [0.5, 0.6) is 0 Å². The smallest absolute Gasteiger partial charge is 0.0311 e. The summed E-state index contributed by atoms with van der Waals surface area (Å²) in [6.45, 7) is 0. The van der Waals surface area contributed by atoms with E-state index in [0.717, 1.165) is 0 Å². The number of rotatable bonds is 2. The second-order valence-corrected chi connectivity index (χ2v) is 6.43. The Kier molecular flexibility index (Phi) is 17.9. The largest absolute Gasteiger partial charge is 0.759 e. The molecule has 0 aliphatic heterocycles. The molecule has 0 bridgehead atoms. The molecule has 0 rings (SSSR count). The Morgan fingerprint density at radius 2 is 1.24 bits per heavy atom. The predicted molar refractivity (Wildman–Crippen MR) is 42.9 cm³/mol. The van der Waals surface area contributed by atoms with Gasteiger partial charge in [-0.1, -0.05) is 0 Å². The van der Waals surface area contributed by atoms with Crippen molar-refractivity contribution in [1.82, 2.24) is 18.5 Å². The van der Waals surface area contributed by atoms with Crippen molar-refractivity contribution in [2.45, 2.75) is 0 Å². The molecule has 0 amide bonds. The van der Waals surface area contributed by atoms with E-state index >= 15 is 0 Å².